The highest BCUT2D eigenvalue weighted by atomic mass is 16.7. The van der Waals surface area contributed by atoms with Gasteiger partial charge in [-0.1, -0.05) is 30.3 Å². The zero-order chi connectivity index (χ0) is 19.2. The van der Waals surface area contributed by atoms with Crippen molar-refractivity contribution in [3.8, 4) is 17.2 Å². The molecule has 0 aliphatic carbocycles. The second-order valence-corrected chi connectivity index (χ2v) is 6.40. The Morgan fingerprint density at radius 1 is 0.964 bits per heavy atom. The molecular formula is C22H20N2O4. The molecule has 0 N–H and O–H groups in total. The first-order valence-corrected chi connectivity index (χ1v) is 9.01. The summed E-state index contributed by atoms with van der Waals surface area (Å²) >= 11 is 0. The molecule has 6 heteroatoms. The first-order chi connectivity index (χ1) is 13.8. The Morgan fingerprint density at radius 2 is 1.79 bits per heavy atom. The molecule has 0 atom stereocenters. The predicted octanol–water partition coefficient (Wildman–Crippen LogP) is 3.42. The lowest BCUT2D eigenvalue weighted by atomic mass is 10.1. The average Bonchev–Trinajstić information content (AvgIpc) is 3.21. The van der Waals surface area contributed by atoms with Crippen molar-refractivity contribution in [2.24, 2.45) is 0 Å². The molecule has 0 radical (unpaired) electrons. The third kappa shape index (κ3) is 4.40. The highest BCUT2D eigenvalue weighted by Gasteiger charge is 2.18. The fourth-order valence-corrected chi connectivity index (χ4v) is 2.96. The fourth-order valence-electron chi connectivity index (χ4n) is 2.96. The van der Waals surface area contributed by atoms with E-state index >= 15 is 0 Å². The monoisotopic (exact) mass is 376 g/mol. The molecule has 142 valence electrons. The van der Waals surface area contributed by atoms with Gasteiger partial charge in [0.2, 0.25) is 6.79 Å². The van der Waals surface area contributed by atoms with Crippen LogP contribution in [0.3, 0.4) is 0 Å². The maximum atomic E-state index is 12.9. The minimum absolute atomic E-state index is 0.0329. The van der Waals surface area contributed by atoms with Crippen LogP contribution in [0.25, 0.3) is 0 Å². The van der Waals surface area contributed by atoms with Crippen LogP contribution < -0.4 is 14.2 Å². The molecular weight excluding hydrogens is 356 g/mol. The molecule has 0 saturated heterocycles. The molecule has 28 heavy (non-hydrogen) atoms. The number of pyridine rings is 1. The lowest BCUT2D eigenvalue weighted by molar-refractivity contribution is -0.134. The Labute approximate surface area is 163 Å². The maximum absolute atomic E-state index is 12.9. The van der Waals surface area contributed by atoms with E-state index < -0.39 is 0 Å². The first-order valence-electron chi connectivity index (χ1n) is 9.01. The van der Waals surface area contributed by atoms with Gasteiger partial charge in [0, 0.05) is 25.5 Å². The highest BCUT2D eigenvalue weighted by molar-refractivity contribution is 5.77. The number of hydrogen-bond donors (Lipinski definition) is 0. The van der Waals surface area contributed by atoms with Crippen molar-refractivity contribution in [1.29, 1.82) is 0 Å². The van der Waals surface area contributed by atoms with E-state index in [1.165, 1.54) is 0 Å². The van der Waals surface area contributed by atoms with E-state index in [2.05, 4.69) is 4.98 Å². The van der Waals surface area contributed by atoms with Crippen LogP contribution in [0.5, 0.6) is 17.2 Å². The molecule has 0 unspecified atom stereocenters. The van der Waals surface area contributed by atoms with Crippen molar-refractivity contribution >= 4 is 5.91 Å². The van der Waals surface area contributed by atoms with Gasteiger partial charge in [0.1, 0.15) is 5.75 Å². The Balaban J connectivity index is 1.48. The van der Waals surface area contributed by atoms with Crippen LogP contribution in [0.2, 0.25) is 0 Å². The quantitative estimate of drug-likeness (QED) is 0.632. The van der Waals surface area contributed by atoms with E-state index in [-0.39, 0.29) is 19.3 Å². The summed E-state index contributed by atoms with van der Waals surface area (Å²) in [7, 11) is 0. The maximum Gasteiger partial charge on any atom is 0.261 e. The number of aromatic nitrogens is 1. The van der Waals surface area contributed by atoms with Crippen molar-refractivity contribution in [3.63, 3.8) is 0 Å². The summed E-state index contributed by atoms with van der Waals surface area (Å²) in [4.78, 5) is 18.8. The molecule has 0 bridgehead atoms. The molecule has 6 nitrogen and oxygen atoms in total. The van der Waals surface area contributed by atoms with E-state index in [0.717, 1.165) is 16.9 Å². The predicted molar refractivity (Wildman–Crippen MR) is 103 cm³/mol. The SMILES string of the molecule is O=C(COc1ccccc1)N(Cc1cccnc1)Cc1ccc2c(c1)OCO2. The fraction of sp³-hybridized carbons (Fsp3) is 0.182. The second-order valence-electron chi connectivity index (χ2n) is 6.40. The second kappa shape index (κ2) is 8.43. The number of nitrogens with zero attached hydrogens (tertiary/aromatic N) is 2. The zero-order valence-electron chi connectivity index (χ0n) is 15.3. The van der Waals surface area contributed by atoms with E-state index in [0.29, 0.717) is 24.6 Å². The summed E-state index contributed by atoms with van der Waals surface area (Å²) in [5.74, 6) is 1.98. The zero-order valence-corrected chi connectivity index (χ0v) is 15.3. The number of carbonyl (C=O) groups excluding carboxylic acids is 1. The van der Waals surface area contributed by atoms with Crippen LogP contribution >= 0.6 is 0 Å². The Bertz CT molecular complexity index is 932. The molecule has 1 amide bonds. The van der Waals surface area contributed by atoms with Crippen molar-refractivity contribution in [2.45, 2.75) is 13.1 Å². The number of fused-ring (bicyclic) bond motifs is 1. The number of carbonyl (C=O) groups is 1. The third-order valence-electron chi connectivity index (χ3n) is 4.36. The number of amides is 1. The molecule has 0 spiro atoms. The lowest BCUT2D eigenvalue weighted by Gasteiger charge is -2.23. The molecule has 1 aliphatic rings. The standard InChI is InChI=1S/C22H20N2O4/c25-22(15-26-19-6-2-1-3-7-19)24(14-18-5-4-10-23-12-18)13-17-8-9-20-21(11-17)28-16-27-20/h1-12H,13-16H2. The van der Waals surface area contributed by atoms with Crippen molar-refractivity contribution in [1.82, 2.24) is 9.88 Å². The summed E-state index contributed by atoms with van der Waals surface area (Å²) in [6, 6.07) is 18.8. The first kappa shape index (κ1) is 17.9. The number of para-hydroxylation sites is 1. The minimum atomic E-state index is -0.106. The lowest BCUT2D eigenvalue weighted by Crippen LogP contribution is -2.34. The summed E-state index contributed by atoms with van der Waals surface area (Å²) in [5.41, 5.74) is 1.91. The van der Waals surface area contributed by atoms with Gasteiger partial charge in [-0.05, 0) is 41.5 Å². The van der Waals surface area contributed by atoms with E-state index in [9.17, 15) is 4.79 Å². The van der Waals surface area contributed by atoms with Gasteiger partial charge in [-0.25, -0.2) is 0 Å². The molecule has 0 fully saturated rings. The van der Waals surface area contributed by atoms with Crippen molar-refractivity contribution in [3.05, 3.63) is 84.2 Å². The van der Waals surface area contributed by atoms with Crippen LogP contribution in [-0.4, -0.2) is 29.2 Å². The highest BCUT2D eigenvalue weighted by Crippen LogP contribution is 2.33. The average molecular weight is 376 g/mol. The summed E-state index contributed by atoms with van der Waals surface area (Å²) < 4.78 is 16.4. The number of ether oxygens (including phenoxy) is 3. The minimum Gasteiger partial charge on any atom is -0.484 e. The van der Waals surface area contributed by atoms with Gasteiger partial charge in [-0.3, -0.25) is 9.78 Å². The van der Waals surface area contributed by atoms with Gasteiger partial charge in [0.15, 0.2) is 18.1 Å². The molecule has 4 rings (SSSR count). The topological polar surface area (TPSA) is 60.9 Å². The van der Waals surface area contributed by atoms with Crippen LogP contribution in [-0.2, 0) is 17.9 Å². The van der Waals surface area contributed by atoms with Crippen molar-refractivity contribution < 1.29 is 19.0 Å². The number of benzene rings is 2. The van der Waals surface area contributed by atoms with Crippen molar-refractivity contribution in [2.75, 3.05) is 13.4 Å². The van der Waals surface area contributed by atoms with Gasteiger partial charge in [0.25, 0.3) is 5.91 Å². The van der Waals surface area contributed by atoms with Crippen LogP contribution in [0.15, 0.2) is 73.1 Å². The van der Waals surface area contributed by atoms with Crippen LogP contribution in [0.1, 0.15) is 11.1 Å². The smallest absolute Gasteiger partial charge is 0.261 e. The van der Waals surface area contributed by atoms with Gasteiger partial charge in [0.05, 0.1) is 0 Å². The Hall–Kier alpha value is -3.54. The van der Waals surface area contributed by atoms with Crippen LogP contribution in [0.4, 0.5) is 0 Å². The molecule has 0 saturated carbocycles. The normalized spacial score (nSPS) is 11.9. The Morgan fingerprint density at radius 3 is 2.61 bits per heavy atom. The molecule has 3 aromatic rings. The van der Waals surface area contributed by atoms with E-state index in [1.807, 2.05) is 60.7 Å². The van der Waals surface area contributed by atoms with Gasteiger partial charge >= 0.3 is 0 Å². The molecule has 1 aliphatic heterocycles. The van der Waals surface area contributed by atoms with Crippen LogP contribution in [0, 0.1) is 0 Å². The van der Waals surface area contributed by atoms with Gasteiger partial charge < -0.3 is 19.1 Å². The van der Waals surface area contributed by atoms with E-state index in [1.54, 1.807) is 17.3 Å². The largest absolute Gasteiger partial charge is 0.484 e. The summed E-state index contributed by atoms with van der Waals surface area (Å²) in [6.07, 6.45) is 3.48. The molecule has 1 aromatic heterocycles. The summed E-state index contributed by atoms with van der Waals surface area (Å²) in [6.45, 7) is 1.07. The summed E-state index contributed by atoms with van der Waals surface area (Å²) in [5, 5.41) is 0. The van der Waals surface area contributed by atoms with Gasteiger partial charge in [-0.15, -0.1) is 0 Å². The third-order valence-corrected chi connectivity index (χ3v) is 4.36. The molecule has 2 heterocycles. The number of rotatable bonds is 7. The molecule has 2 aromatic carbocycles. The van der Waals surface area contributed by atoms with Gasteiger partial charge in [-0.2, -0.15) is 0 Å². The Kier molecular flexibility index (Phi) is 5.38. The van der Waals surface area contributed by atoms with E-state index in [4.69, 9.17) is 14.2 Å². The number of hydrogen-bond acceptors (Lipinski definition) is 5.